The van der Waals surface area contributed by atoms with E-state index >= 15 is 0 Å². The number of carbonyl (C=O) groups excluding carboxylic acids is 1. The number of thiophene rings is 1. The van der Waals surface area contributed by atoms with Crippen molar-refractivity contribution in [3.8, 4) is 0 Å². The molecular weight excluding hydrogens is 286 g/mol. The third-order valence-electron chi connectivity index (χ3n) is 2.49. The summed E-state index contributed by atoms with van der Waals surface area (Å²) < 4.78 is 2.43. The van der Waals surface area contributed by atoms with Gasteiger partial charge in [-0.2, -0.15) is 5.10 Å². The summed E-state index contributed by atoms with van der Waals surface area (Å²) in [6.45, 7) is 0. The summed E-state index contributed by atoms with van der Waals surface area (Å²) in [4.78, 5) is 20.1. The molecule has 0 unspecified atom stereocenters. The topological polar surface area (TPSA) is 72.7 Å². The van der Waals surface area contributed by atoms with Gasteiger partial charge in [-0.05, 0) is 11.6 Å². The van der Waals surface area contributed by atoms with Gasteiger partial charge in [-0.1, -0.05) is 0 Å². The van der Waals surface area contributed by atoms with Gasteiger partial charge in [-0.3, -0.25) is 9.48 Å². The van der Waals surface area contributed by atoms with Crippen molar-refractivity contribution in [3.63, 3.8) is 0 Å². The first-order valence-electron chi connectivity index (χ1n) is 5.33. The maximum Gasteiger partial charge on any atom is 0.258 e. The lowest BCUT2D eigenvalue weighted by molar-refractivity contribution is 0.102. The zero-order valence-corrected chi connectivity index (χ0v) is 11.4. The van der Waals surface area contributed by atoms with E-state index in [9.17, 15) is 4.79 Å². The maximum atomic E-state index is 12.2. The third-order valence-corrected chi connectivity index (χ3v) is 3.58. The monoisotopic (exact) mass is 293 g/mol. The number of anilines is 1. The molecule has 0 aliphatic rings. The van der Waals surface area contributed by atoms with Crippen LogP contribution in [0.5, 0.6) is 0 Å². The summed E-state index contributed by atoms with van der Waals surface area (Å²) in [5, 5.41) is 8.61. The van der Waals surface area contributed by atoms with E-state index in [1.54, 1.807) is 35.7 Å². The molecule has 3 aromatic heterocycles. The van der Waals surface area contributed by atoms with Crippen LogP contribution < -0.4 is 5.32 Å². The molecule has 19 heavy (non-hydrogen) atoms. The summed E-state index contributed by atoms with van der Waals surface area (Å²) in [6, 6.07) is 0. The van der Waals surface area contributed by atoms with Crippen molar-refractivity contribution in [1.82, 2.24) is 19.7 Å². The summed E-state index contributed by atoms with van der Waals surface area (Å²) in [7, 11) is 1.78. The molecule has 0 atom stereocenters. The molecule has 0 spiro atoms. The molecule has 96 valence electrons. The Morgan fingerprint density at radius 1 is 1.47 bits per heavy atom. The standard InChI is InChI=1S/C11H8ClN5OS/c1-17-4-6(2-14-17)15-10(18)7-5-19-8-3-13-11(12)16-9(7)8/h2-5H,1H3,(H,15,18). The van der Waals surface area contributed by atoms with Gasteiger partial charge in [0.05, 0.1) is 27.7 Å². The molecule has 0 saturated heterocycles. The van der Waals surface area contributed by atoms with Crippen molar-refractivity contribution in [2.75, 3.05) is 5.32 Å². The number of fused-ring (bicyclic) bond motifs is 1. The first-order chi connectivity index (χ1) is 9.13. The van der Waals surface area contributed by atoms with Gasteiger partial charge in [-0.25, -0.2) is 9.97 Å². The number of aromatic nitrogens is 4. The number of aryl methyl sites for hydroxylation is 1. The van der Waals surface area contributed by atoms with Crippen LogP contribution in [-0.2, 0) is 7.05 Å². The van der Waals surface area contributed by atoms with Gasteiger partial charge in [0, 0.05) is 24.8 Å². The lowest BCUT2D eigenvalue weighted by Crippen LogP contribution is -2.11. The zero-order valence-electron chi connectivity index (χ0n) is 9.79. The molecule has 0 aliphatic carbocycles. The molecule has 0 bridgehead atoms. The van der Waals surface area contributed by atoms with Crippen LogP contribution in [0.4, 0.5) is 5.69 Å². The van der Waals surface area contributed by atoms with E-state index in [2.05, 4.69) is 20.4 Å². The second-order valence-corrected chi connectivity index (χ2v) is 5.11. The summed E-state index contributed by atoms with van der Waals surface area (Å²) >= 11 is 7.15. The van der Waals surface area contributed by atoms with Gasteiger partial charge in [0.15, 0.2) is 0 Å². The molecule has 0 fully saturated rings. The van der Waals surface area contributed by atoms with Gasteiger partial charge in [-0.15, -0.1) is 11.3 Å². The molecule has 1 N–H and O–H groups in total. The number of halogens is 1. The van der Waals surface area contributed by atoms with Crippen LogP contribution in [0.1, 0.15) is 10.4 Å². The van der Waals surface area contributed by atoms with Crippen LogP contribution in [0, 0.1) is 0 Å². The van der Waals surface area contributed by atoms with Gasteiger partial charge < -0.3 is 5.32 Å². The van der Waals surface area contributed by atoms with E-state index in [1.807, 2.05) is 0 Å². The van der Waals surface area contributed by atoms with Crippen molar-refractivity contribution in [1.29, 1.82) is 0 Å². The minimum atomic E-state index is -0.242. The van der Waals surface area contributed by atoms with Crippen LogP contribution in [0.25, 0.3) is 10.2 Å². The number of amides is 1. The van der Waals surface area contributed by atoms with E-state index in [-0.39, 0.29) is 11.2 Å². The highest BCUT2D eigenvalue weighted by Gasteiger charge is 2.15. The molecule has 0 aromatic carbocycles. The predicted molar refractivity (Wildman–Crippen MR) is 73.6 cm³/mol. The lowest BCUT2D eigenvalue weighted by Gasteiger charge is -2.00. The lowest BCUT2D eigenvalue weighted by atomic mass is 10.2. The average Bonchev–Trinajstić information content (AvgIpc) is 2.95. The minimum absolute atomic E-state index is 0.126. The highest BCUT2D eigenvalue weighted by molar-refractivity contribution is 7.17. The summed E-state index contributed by atoms with van der Waals surface area (Å²) in [5.74, 6) is -0.242. The number of hydrogen-bond donors (Lipinski definition) is 1. The van der Waals surface area contributed by atoms with E-state index in [1.165, 1.54) is 11.3 Å². The third kappa shape index (κ3) is 2.29. The minimum Gasteiger partial charge on any atom is -0.319 e. The molecule has 0 saturated carbocycles. The normalized spacial score (nSPS) is 10.8. The number of carbonyl (C=O) groups is 1. The first-order valence-corrected chi connectivity index (χ1v) is 6.59. The van der Waals surface area contributed by atoms with Gasteiger partial charge in [0.1, 0.15) is 0 Å². The number of hydrogen-bond acceptors (Lipinski definition) is 5. The maximum absolute atomic E-state index is 12.2. The Labute approximate surface area is 117 Å². The van der Waals surface area contributed by atoms with Crippen LogP contribution in [0.2, 0.25) is 5.28 Å². The van der Waals surface area contributed by atoms with Crippen molar-refractivity contribution >= 4 is 44.7 Å². The second-order valence-electron chi connectivity index (χ2n) is 3.86. The highest BCUT2D eigenvalue weighted by atomic mass is 35.5. The van der Waals surface area contributed by atoms with E-state index in [4.69, 9.17) is 11.6 Å². The second kappa shape index (κ2) is 4.60. The Bertz CT molecular complexity index is 765. The number of nitrogens with one attached hydrogen (secondary N) is 1. The highest BCUT2D eigenvalue weighted by Crippen LogP contribution is 2.25. The van der Waals surface area contributed by atoms with Gasteiger partial charge in [0.25, 0.3) is 5.91 Å². The van der Waals surface area contributed by atoms with Crippen LogP contribution in [0.15, 0.2) is 24.0 Å². The Hall–Kier alpha value is -1.99. The molecule has 6 nitrogen and oxygen atoms in total. The molecule has 3 heterocycles. The molecule has 0 radical (unpaired) electrons. The summed E-state index contributed by atoms with van der Waals surface area (Å²) in [5.41, 5.74) is 1.67. The zero-order chi connectivity index (χ0) is 13.4. The average molecular weight is 294 g/mol. The van der Waals surface area contributed by atoms with E-state index in [0.29, 0.717) is 16.8 Å². The van der Waals surface area contributed by atoms with E-state index < -0.39 is 0 Å². The molecular formula is C11H8ClN5OS. The Morgan fingerprint density at radius 2 is 2.32 bits per heavy atom. The smallest absolute Gasteiger partial charge is 0.258 e. The van der Waals surface area contributed by atoms with Gasteiger partial charge >= 0.3 is 0 Å². The Balaban J connectivity index is 1.95. The molecule has 3 rings (SSSR count). The Kier molecular flexibility index (Phi) is 2.92. The molecule has 8 heteroatoms. The fourth-order valence-electron chi connectivity index (χ4n) is 1.65. The van der Waals surface area contributed by atoms with Crippen LogP contribution in [-0.4, -0.2) is 25.7 Å². The molecule has 0 aliphatic heterocycles. The van der Waals surface area contributed by atoms with Crippen LogP contribution in [0.3, 0.4) is 0 Å². The summed E-state index contributed by atoms with van der Waals surface area (Å²) in [6.07, 6.45) is 4.90. The van der Waals surface area contributed by atoms with Crippen molar-refractivity contribution < 1.29 is 4.79 Å². The fourth-order valence-corrected chi connectivity index (χ4v) is 2.63. The van der Waals surface area contributed by atoms with Crippen molar-refractivity contribution in [2.24, 2.45) is 7.05 Å². The largest absolute Gasteiger partial charge is 0.319 e. The van der Waals surface area contributed by atoms with Crippen molar-refractivity contribution in [2.45, 2.75) is 0 Å². The Morgan fingerprint density at radius 3 is 3.05 bits per heavy atom. The van der Waals surface area contributed by atoms with Crippen molar-refractivity contribution in [3.05, 3.63) is 34.8 Å². The van der Waals surface area contributed by atoms with E-state index in [0.717, 1.165) is 4.70 Å². The fraction of sp³-hybridized carbons (Fsp3) is 0.0909. The van der Waals surface area contributed by atoms with Crippen LogP contribution >= 0.6 is 22.9 Å². The molecule has 3 aromatic rings. The number of nitrogens with zero attached hydrogens (tertiary/aromatic N) is 4. The first kappa shape index (κ1) is 12.1. The quantitative estimate of drug-likeness (QED) is 0.736. The number of rotatable bonds is 2. The van der Waals surface area contributed by atoms with Gasteiger partial charge in [0.2, 0.25) is 5.28 Å². The molecule has 1 amide bonds. The SMILES string of the molecule is Cn1cc(NC(=O)c2csc3cnc(Cl)nc23)cn1. The predicted octanol–water partition coefficient (Wildman–Crippen LogP) is 2.33.